The normalized spacial score (nSPS) is 31.8. The molecule has 0 bridgehead atoms. The number of likely N-dealkylation sites (tertiary alicyclic amines) is 1. The van der Waals surface area contributed by atoms with Crippen molar-refractivity contribution in [3.63, 3.8) is 0 Å². The van der Waals surface area contributed by atoms with Gasteiger partial charge in [0.1, 0.15) is 6.54 Å². The number of likely N-dealkylation sites (N-methyl/N-ethyl adjacent to an activating group) is 1. The zero-order valence-corrected chi connectivity index (χ0v) is 18.8. The molecule has 150 valence electrons. The van der Waals surface area contributed by atoms with Gasteiger partial charge in [0, 0.05) is 45.2 Å². The molecule has 1 saturated carbocycles. The van der Waals surface area contributed by atoms with E-state index in [4.69, 9.17) is 9.73 Å². The van der Waals surface area contributed by atoms with Gasteiger partial charge >= 0.3 is 0 Å². The molecule has 1 N–H and O–H groups in total. The highest BCUT2D eigenvalue weighted by Crippen LogP contribution is 2.38. The Morgan fingerprint density at radius 1 is 1.31 bits per heavy atom. The number of nitrogens with zero attached hydrogens (tertiary/aromatic N) is 3. The molecular weight excluding hydrogens is 443 g/mol. The highest BCUT2D eigenvalue weighted by Gasteiger charge is 2.42. The first-order valence-electron chi connectivity index (χ1n) is 9.83. The van der Waals surface area contributed by atoms with Crippen LogP contribution in [-0.2, 0) is 9.53 Å². The molecule has 1 amide bonds. The largest absolute Gasteiger partial charge is 0.381 e. The van der Waals surface area contributed by atoms with Crippen LogP contribution in [0.5, 0.6) is 0 Å². The lowest BCUT2D eigenvalue weighted by atomic mass is 9.86. The Labute approximate surface area is 175 Å². The van der Waals surface area contributed by atoms with Crippen LogP contribution in [0.25, 0.3) is 0 Å². The second-order valence-electron chi connectivity index (χ2n) is 8.41. The molecule has 3 fully saturated rings. The van der Waals surface area contributed by atoms with Gasteiger partial charge in [-0.1, -0.05) is 19.8 Å². The highest BCUT2D eigenvalue weighted by molar-refractivity contribution is 14.0. The van der Waals surface area contributed by atoms with Crippen LogP contribution in [-0.4, -0.2) is 74.7 Å². The fourth-order valence-corrected chi connectivity index (χ4v) is 4.30. The van der Waals surface area contributed by atoms with E-state index in [0.29, 0.717) is 17.4 Å². The van der Waals surface area contributed by atoms with Crippen molar-refractivity contribution in [1.29, 1.82) is 0 Å². The number of hydrogen-bond donors (Lipinski definition) is 1. The van der Waals surface area contributed by atoms with Crippen molar-refractivity contribution in [1.82, 2.24) is 15.1 Å². The van der Waals surface area contributed by atoms with E-state index < -0.39 is 0 Å². The van der Waals surface area contributed by atoms with E-state index in [9.17, 15) is 4.79 Å². The number of ether oxygens (including phenoxy) is 1. The summed E-state index contributed by atoms with van der Waals surface area (Å²) in [7, 11) is 3.57. The summed E-state index contributed by atoms with van der Waals surface area (Å²) in [6.45, 7) is 6.30. The third kappa shape index (κ3) is 5.24. The molecule has 3 aliphatic rings. The lowest BCUT2D eigenvalue weighted by molar-refractivity contribution is -0.127. The summed E-state index contributed by atoms with van der Waals surface area (Å²) in [5.74, 6) is 1.64. The van der Waals surface area contributed by atoms with Crippen molar-refractivity contribution in [2.45, 2.75) is 51.5 Å². The zero-order chi connectivity index (χ0) is 17.9. The van der Waals surface area contributed by atoms with E-state index >= 15 is 0 Å². The maximum absolute atomic E-state index is 12.0. The summed E-state index contributed by atoms with van der Waals surface area (Å²) in [5, 5.41) is 3.71. The number of rotatable bonds is 3. The Morgan fingerprint density at radius 3 is 2.73 bits per heavy atom. The summed E-state index contributed by atoms with van der Waals surface area (Å²) in [6.07, 6.45) is 7.39. The zero-order valence-electron chi connectivity index (χ0n) is 16.5. The Hall–Kier alpha value is -0.570. The Bertz CT molecular complexity index is 506. The molecule has 1 spiro atoms. The van der Waals surface area contributed by atoms with Crippen molar-refractivity contribution in [3.8, 4) is 0 Å². The Balaban J connectivity index is 0.00000243. The molecular formula is C19H35IN4O2. The summed E-state index contributed by atoms with van der Waals surface area (Å²) in [5.41, 5.74) is 0.298. The van der Waals surface area contributed by atoms with Crippen LogP contribution in [0.3, 0.4) is 0 Å². The number of halogens is 1. The number of guanidine groups is 1. The molecule has 3 rings (SSSR count). The lowest BCUT2D eigenvalue weighted by Gasteiger charge is -2.34. The minimum Gasteiger partial charge on any atom is -0.381 e. The first kappa shape index (κ1) is 21.7. The van der Waals surface area contributed by atoms with Gasteiger partial charge in [0.15, 0.2) is 5.96 Å². The lowest BCUT2D eigenvalue weighted by Crippen LogP contribution is -2.49. The van der Waals surface area contributed by atoms with Crippen LogP contribution >= 0.6 is 24.0 Å². The maximum atomic E-state index is 12.0. The topological polar surface area (TPSA) is 57.2 Å². The number of amides is 1. The standard InChI is InChI=1S/C19H34N4O2.HI/c1-15-6-4-5-7-16(15)21-18(20-12-17(24)22(2)3)23-10-8-19(13-23)9-11-25-14-19;/h15-16H,4-14H2,1-3H3,(H,20,21);1H. The van der Waals surface area contributed by atoms with Crippen LogP contribution < -0.4 is 5.32 Å². The maximum Gasteiger partial charge on any atom is 0.243 e. The fourth-order valence-electron chi connectivity index (χ4n) is 4.30. The molecule has 2 saturated heterocycles. The molecule has 1 aliphatic carbocycles. The van der Waals surface area contributed by atoms with E-state index in [1.54, 1.807) is 19.0 Å². The van der Waals surface area contributed by atoms with Gasteiger partial charge < -0.3 is 19.9 Å². The number of carbonyl (C=O) groups is 1. The van der Waals surface area contributed by atoms with Crippen LogP contribution in [0.4, 0.5) is 0 Å². The first-order valence-corrected chi connectivity index (χ1v) is 9.83. The predicted molar refractivity (Wildman–Crippen MR) is 115 cm³/mol. The molecule has 0 aromatic rings. The molecule has 0 aromatic heterocycles. The molecule has 0 radical (unpaired) electrons. The second-order valence-corrected chi connectivity index (χ2v) is 8.41. The van der Waals surface area contributed by atoms with Crippen molar-refractivity contribution >= 4 is 35.8 Å². The number of nitrogens with one attached hydrogen (secondary N) is 1. The summed E-state index contributed by atoms with van der Waals surface area (Å²) >= 11 is 0. The van der Waals surface area contributed by atoms with Crippen LogP contribution in [0.2, 0.25) is 0 Å². The van der Waals surface area contributed by atoms with E-state index in [1.165, 1.54) is 25.7 Å². The third-order valence-electron chi connectivity index (χ3n) is 6.21. The second kappa shape index (κ2) is 9.57. The summed E-state index contributed by atoms with van der Waals surface area (Å²) < 4.78 is 5.66. The number of hydrogen-bond acceptors (Lipinski definition) is 3. The predicted octanol–water partition coefficient (Wildman–Crippen LogP) is 2.33. The average molecular weight is 478 g/mol. The summed E-state index contributed by atoms with van der Waals surface area (Å²) in [4.78, 5) is 20.7. The van der Waals surface area contributed by atoms with Crippen LogP contribution in [0.15, 0.2) is 4.99 Å². The molecule has 3 unspecified atom stereocenters. The average Bonchev–Trinajstić information content (AvgIpc) is 3.23. The van der Waals surface area contributed by atoms with Crippen LogP contribution in [0.1, 0.15) is 45.4 Å². The Kier molecular flexibility index (Phi) is 8.00. The Morgan fingerprint density at radius 2 is 2.08 bits per heavy atom. The molecule has 3 atom stereocenters. The van der Waals surface area contributed by atoms with Gasteiger partial charge in [0.2, 0.25) is 5.91 Å². The van der Waals surface area contributed by atoms with Gasteiger partial charge in [-0.2, -0.15) is 0 Å². The van der Waals surface area contributed by atoms with Crippen molar-refractivity contribution in [3.05, 3.63) is 0 Å². The van der Waals surface area contributed by atoms with Crippen molar-refractivity contribution in [2.24, 2.45) is 16.3 Å². The van der Waals surface area contributed by atoms with Gasteiger partial charge in [-0.15, -0.1) is 24.0 Å². The quantitative estimate of drug-likeness (QED) is 0.385. The monoisotopic (exact) mass is 478 g/mol. The minimum atomic E-state index is 0. The van der Waals surface area contributed by atoms with E-state index in [-0.39, 0.29) is 36.4 Å². The SMILES string of the molecule is CC1CCCCC1NC(=NCC(=O)N(C)C)N1CCC2(CCOC2)C1.I. The molecule has 26 heavy (non-hydrogen) atoms. The van der Waals surface area contributed by atoms with E-state index in [2.05, 4.69) is 17.1 Å². The van der Waals surface area contributed by atoms with Gasteiger partial charge in [0.25, 0.3) is 0 Å². The van der Waals surface area contributed by atoms with Crippen molar-refractivity contribution < 1.29 is 9.53 Å². The smallest absolute Gasteiger partial charge is 0.243 e. The van der Waals surface area contributed by atoms with Crippen molar-refractivity contribution in [2.75, 3.05) is 46.9 Å². The number of carbonyl (C=O) groups excluding carboxylic acids is 1. The minimum absolute atomic E-state index is 0. The van der Waals surface area contributed by atoms with Gasteiger partial charge in [-0.25, -0.2) is 4.99 Å². The van der Waals surface area contributed by atoms with Gasteiger partial charge in [-0.05, 0) is 31.6 Å². The molecule has 6 nitrogen and oxygen atoms in total. The van der Waals surface area contributed by atoms with Gasteiger partial charge in [0.05, 0.1) is 6.61 Å². The van der Waals surface area contributed by atoms with Crippen LogP contribution in [0, 0.1) is 11.3 Å². The first-order chi connectivity index (χ1) is 12.0. The number of aliphatic imine (C=N–C) groups is 1. The molecule has 2 heterocycles. The third-order valence-corrected chi connectivity index (χ3v) is 6.21. The fraction of sp³-hybridized carbons (Fsp3) is 0.895. The molecule has 2 aliphatic heterocycles. The van der Waals surface area contributed by atoms with E-state index in [0.717, 1.165) is 45.1 Å². The summed E-state index contributed by atoms with van der Waals surface area (Å²) in [6, 6.07) is 0.471. The van der Waals surface area contributed by atoms with Gasteiger partial charge in [-0.3, -0.25) is 4.79 Å². The molecule has 0 aromatic carbocycles. The molecule has 7 heteroatoms. The highest BCUT2D eigenvalue weighted by atomic mass is 127. The van der Waals surface area contributed by atoms with E-state index in [1.807, 2.05) is 0 Å².